The van der Waals surface area contributed by atoms with Crippen LogP contribution in [0.2, 0.25) is 0 Å². The van der Waals surface area contributed by atoms with Crippen molar-refractivity contribution < 1.29 is 22.7 Å². The van der Waals surface area contributed by atoms with Crippen LogP contribution in [0.1, 0.15) is 27.6 Å². The molecule has 31 heavy (non-hydrogen) atoms. The summed E-state index contributed by atoms with van der Waals surface area (Å²) in [4.78, 5) is 20.8. The maximum absolute atomic E-state index is 14.2. The van der Waals surface area contributed by atoms with Crippen molar-refractivity contribution in [2.75, 3.05) is 25.5 Å². The van der Waals surface area contributed by atoms with E-state index in [0.29, 0.717) is 23.5 Å². The highest BCUT2D eigenvalue weighted by Gasteiger charge is 2.23. The highest BCUT2D eigenvalue weighted by atomic mass is 19.2. The molecule has 164 valence electrons. The first kappa shape index (κ1) is 22.1. The van der Waals surface area contributed by atoms with Gasteiger partial charge in [-0.05, 0) is 32.9 Å². The molecule has 0 saturated heterocycles. The topological polar surface area (TPSA) is 94.0 Å². The summed E-state index contributed by atoms with van der Waals surface area (Å²) >= 11 is 0. The number of hydrogen-bond donors (Lipinski definition) is 2. The number of rotatable bonds is 7. The normalized spacial score (nSPS) is 10.8. The van der Waals surface area contributed by atoms with Gasteiger partial charge in [0.05, 0.1) is 18.4 Å². The molecule has 8 nitrogen and oxygen atoms in total. The molecule has 2 heterocycles. The Kier molecular flexibility index (Phi) is 6.42. The number of ether oxygens (including phenoxy) is 1. The lowest BCUT2D eigenvalue weighted by Crippen LogP contribution is -2.30. The molecular formula is C20H21F3N6O2. The van der Waals surface area contributed by atoms with Gasteiger partial charge in [-0.3, -0.25) is 4.79 Å². The fourth-order valence-electron chi connectivity index (χ4n) is 3.00. The Morgan fingerprint density at radius 2 is 1.81 bits per heavy atom. The number of carbonyl (C=O) groups excluding carboxylic acids is 1. The molecule has 2 N–H and O–H groups in total. The first-order chi connectivity index (χ1) is 14.7. The van der Waals surface area contributed by atoms with Crippen molar-refractivity contribution in [2.45, 2.75) is 20.8 Å². The van der Waals surface area contributed by atoms with Crippen LogP contribution in [-0.2, 0) is 0 Å². The first-order valence-electron chi connectivity index (χ1n) is 9.34. The van der Waals surface area contributed by atoms with Gasteiger partial charge in [-0.2, -0.15) is 9.49 Å². The minimum atomic E-state index is -1.49. The minimum Gasteiger partial charge on any atom is -0.491 e. The summed E-state index contributed by atoms with van der Waals surface area (Å²) in [5.74, 6) is -4.38. The number of hydrogen-bond acceptors (Lipinski definition) is 6. The maximum Gasteiger partial charge on any atom is 0.254 e. The number of methoxy groups -OCH3 is 1. The van der Waals surface area contributed by atoms with Crippen LogP contribution in [-0.4, -0.2) is 45.9 Å². The van der Waals surface area contributed by atoms with Gasteiger partial charge >= 0.3 is 0 Å². The van der Waals surface area contributed by atoms with E-state index in [0.717, 1.165) is 18.5 Å². The van der Waals surface area contributed by atoms with Gasteiger partial charge in [0.25, 0.3) is 5.91 Å². The standard InChI is InChI=1S/C20H21F3N6O2/c1-10-7-11(2)29(28-10)16-9-15(26-12(3)27-16)24-5-6-25-20(30)13-8-14(21)18(23)19(31-4)17(13)22/h7-9H,5-6H2,1-4H3,(H,25,30)(H,24,26,27). The van der Waals surface area contributed by atoms with Gasteiger partial charge in [0.15, 0.2) is 23.2 Å². The summed E-state index contributed by atoms with van der Waals surface area (Å²) in [6.07, 6.45) is 0. The zero-order chi connectivity index (χ0) is 22.7. The van der Waals surface area contributed by atoms with E-state index >= 15 is 0 Å². The SMILES string of the molecule is COc1c(F)c(F)cc(C(=O)NCCNc2cc(-n3nc(C)cc3C)nc(C)n2)c1F. The van der Waals surface area contributed by atoms with Crippen LogP contribution in [0.3, 0.4) is 0 Å². The van der Waals surface area contributed by atoms with Gasteiger partial charge in [-0.25, -0.2) is 23.4 Å². The Bertz CT molecular complexity index is 1130. The molecule has 1 amide bonds. The Morgan fingerprint density at radius 3 is 2.45 bits per heavy atom. The lowest BCUT2D eigenvalue weighted by atomic mass is 10.1. The Labute approximate surface area is 176 Å². The van der Waals surface area contributed by atoms with Gasteiger partial charge in [0.1, 0.15) is 11.6 Å². The van der Waals surface area contributed by atoms with Gasteiger partial charge in [0.2, 0.25) is 5.82 Å². The molecule has 0 radical (unpaired) electrons. The third kappa shape index (κ3) is 4.76. The van der Waals surface area contributed by atoms with Crippen molar-refractivity contribution >= 4 is 11.7 Å². The number of halogens is 3. The highest BCUT2D eigenvalue weighted by Crippen LogP contribution is 2.26. The van der Waals surface area contributed by atoms with E-state index in [1.54, 1.807) is 17.7 Å². The molecule has 0 aliphatic heterocycles. The van der Waals surface area contributed by atoms with E-state index in [9.17, 15) is 18.0 Å². The molecule has 0 spiro atoms. The fraction of sp³-hybridized carbons (Fsp3) is 0.300. The largest absolute Gasteiger partial charge is 0.491 e. The molecule has 2 aromatic heterocycles. The molecule has 0 atom stereocenters. The number of nitrogens with one attached hydrogen (secondary N) is 2. The summed E-state index contributed by atoms with van der Waals surface area (Å²) in [6.45, 7) is 5.83. The van der Waals surface area contributed by atoms with Crippen molar-refractivity contribution in [1.29, 1.82) is 0 Å². The number of nitrogens with zero attached hydrogens (tertiary/aromatic N) is 4. The summed E-state index contributed by atoms with van der Waals surface area (Å²) in [5.41, 5.74) is 1.12. The Hall–Kier alpha value is -3.63. The van der Waals surface area contributed by atoms with E-state index in [2.05, 4.69) is 30.4 Å². The lowest BCUT2D eigenvalue weighted by molar-refractivity contribution is 0.0949. The van der Waals surface area contributed by atoms with Crippen LogP contribution in [0.25, 0.3) is 5.82 Å². The first-order valence-corrected chi connectivity index (χ1v) is 9.34. The number of carbonyl (C=O) groups is 1. The third-order valence-corrected chi connectivity index (χ3v) is 4.33. The van der Waals surface area contributed by atoms with Crippen LogP contribution in [0.15, 0.2) is 18.2 Å². The fourth-order valence-corrected chi connectivity index (χ4v) is 3.00. The van der Waals surface area contributed by atoms with Crippen LogP contribution in [0.4, 0.5) is 19.0 Å². The van der Waals surface area contributed by atoms with Crippen molar-refractivity contribution in [1.82, 2.24) is 25.1 Å². The molecule has 0 aliphatic carbocycles. The van der Waals surface area contributed by atoms with Crippen molar-refractivity contribution in [3.63, 3.8) is 0 Å². The molecule has 0 unspecified atom stereocenters. The number of anilines is 1. The van der Waals surface area contributed by atoms with Crippen LogP contribution in [0.5, 0.6) is 5.75 Å². The quantitative estimate of drug-likeness (QED) is 0.439. The van der Waals surface area contributed by atoms with E-state index < -0.39 is 34.7 Å². The molecule has 0 aliphatic rings. The number of amides is 1. The zero-order valence-corrected chi connectivity index (χ0v) is 17.4. The zero-order valence-electron chi connectivity index (χ0n) is 17.4. The molecule has 3 aromatic rings. The smallest absolute Gasteiger partial charge is 0.254 e. The van der Waals surface area contributed by atoms with Gasteiger partial charge in [0, 0.05) is 24.8 Å². The average molecular weight is 434 g/mol. The second-order valence-corrected chi connectivity index (χ2v) is 6.75. The molecule has 11 heteroatoms. The molecule has 0 bridgehead atoms. The number of aryl methyl sites for hydroxylation is 3. The van der Waals surface area contributed by atoms with Crippen molar-refractivity contribution in [2.24, 2.45) is 0 Å². The average Bonchev–Trinajstić information content (AvgIpc) is 3.06. The Balaban J connectivity index is 1.65. The second-order valence-electron chi connectivity index (χ2n) is 6.75. The molecule has 3 rings (SSSR count). The molecule has 0 saturated carbocycles. The minimum absolute atomic E-state index is 0.0673. The Morgan fingerprint density at radius 1 is 1.06 bits per heavy atom. The summed E-state index contributed by atoms with van der Waals surface area (Å²) in [5, 5.41) is 9.85. The molecule has 1 aromatic carbocycles. The van der Waals surface area contributed by atoms with Crippen molar-refractivity contribution in [3.8, 4) is 11.6 Å². The van der Waals surface area contributed by atoms with Crippen molar-refractivity contribution in [3.05, 3.63) is 58.4 Å². The predicted octanol–water partition coefficient (Wildman–Crippen LogP) is 2.86. The van der Waals surface area contributed by atoms with Gasteiger partial charge in [-0.15, -0.1) is 0 Å². The highest BCUT2D eigenvalue weighted by molar-refractivity contribution is 5.95. The number of aromatic nitrogens is 4. The predicted molar refractivity (Wildman–Crippen MR) is 107 cm³/mol. The second kappa shape index (κ2) is 9.02. The summed E-state index contributed by atoms with van der Waals surface area (Å²) in [6, 6.07) is 4.12. The van der Waals surface area contributed by atoms with Gasteiger partial charge in [-0.1, -0.05) is 0 Å². The molecule has 0 fully saturated rings. The third-order valence-electron chi connectivity index (χ3n) is 4.33. The van der Waals surface area contributed by atoms with Gasteiger partial charge < -0.3 is 15.4 Å². The maximum atomic E-state index is 14.2. The molecular weight excluding hydrogens is 413 g/mol. The van der Waals surface area contributed by atoms with Crippen LogP contribution in [0, 0.1) is 38.2 Å². The van der Waals surface area contributed by atoms with E-state index in [1.807, 2.05) is 19.9 Å². The summed E-state index contributed by atoms with van der Waals surface area (Å²) in [7, 11) is 0.983. The van der Waals surface area contributed by atoms with E-state index in [4.69, 9.17) is 0 Å². The summed E-state index contributed by atoms with van der Waals surface area (Å²) < 4.78 is 47.5. The van der Waals surface area contributed by atoms with Crippen LogP contribution >= 0.6 is 0 Å². The van der Waals surface area contributed by atoms with E-state index in [-0.39, 0.29) is 13.1 Å². The lowest BCUT2D eigenvalue weighted by Gasteiger charge is -2.12. The number of benzene rings is 1. The van der Waals surface area contributed by atoms with Crippen LogP contribution < -0.4 is 15.4 Å². The monoisotopic (exact) mass is 434 g/mol. The van der Waals surface area contributed by atoms with E-state index in [1.165, 1.54) is 0 Å².